The number of halogens is 1. The Morgan fingerprint density at radius 1 is 1.11 bits per heavy atom. The maximum atomic E-state index is 13.8. The van der Waals surface area contributed by atoms with E-state index in [1.165, 1.54) is 12.3 Å². The fourth-order valence-electron chi connectivity index (χ4n) is 3.65. The van der Waals surface area contributed by atoms with E-state index in [1.807, 2.05) is 30.5 Å². The van der Waals surface area contributed by atoms with Crippen molar-refractivity contribution in [3.63, 3.8) is 0 Å². The zero-order chi connectivity index (χ0) is 19.5. The van der Waals surface area contributed by atoms with Gasteiger partial charge in [-0.2, -0.15) is 0 Å². The van der Waals surface area contributed by atoms with Crippen molar-refractivity contribution in [3.8, 4) is 5.69 Å². The minimum atomic E-state index is -3.49. The second-order valence-corrected chi connectivity index (χ2v) is 9.15. The second kappa shape index (κ2) is 5.97. The van der Waals surface area contributed by atoms with Crippen molar-refractivity contribution in [2.45, 2.75) is 31.6 Å². The van der Waals surface area contributed by atoms with Gasteiger partial charge in [0.15, 0.2) is 9.84 Å². The minimum Gasteiger partial charge on any atom is -0.312 e. The van der Waals surface area contributed by atoms with Crippen LogP contribution in [0, 0.1) is 12.7 Å². The number of aromatic nitrogens is 1. The van der Waals surface area contributed by atoms with Gasteiger partial charge >= 0.3 is 0 Å². The van der Waals surface area contributed by atoms with Gasteiger partial charge in [0, 0.05) is 24.4 Å². The average Bonchev–Trinajstić information content (AvgIpc) is 3.16. The number of hydrogen-bond donors (Lipinski definition) is 3. The zero-order valence-corrected chi connectivity index (χ0v) is 16.3. The maximum Gasteiger partial charge on any atom is 0.177 e. The Kier molecular flexibility index (Phi) is 3.94. The summed E-state index contributed by atoms with van der Waals surface area (Å²) in [4.78, 5) is 0.311. The fourth-order valence-corrected chi connectivity index (χ4v) is 4.92. The number of anilines is 2. The standard InChI is InChI=1S/C19H21FN4O2S.H2/c1-10(2)18-19(27(4,25)26)13-8-15-16(22-23-21-15)9-17(13)24(18)12-5-6-14(20)11(3)7-12;/h5-10,21-23H,1-4H3;1H. The van der Waals surface area contributed by atoms with Crippen molar-refractivity contribution in [3.05, 3.63) is 47.4 Å². The summed E-state index contributed by atoms with van der Waals surface area (Å²) in [6, 6.07) is 8.56. The summed E-state index contributed by atoms with van der Waals surface area (Å²) in [6.07, 6.45) is 1.23. The molecule has 2 heterocycles. The molecule has 2 aromatic carbocycles. The number of nitrogens with one attached hydrogen (secondary N) is 3. The Hall–Kier alpha value is -2.58. The number of aryl methyl sites for hydroxylation is 1. The SMILES string of the molecule is Cc1cc(-n2c(C(C)C)c(S(C)(=O)=O)c3cc4c(cc32)NNN4)ccc1F.[HH]. The molecule has 0 fully saturated rings. The van der Waals surface area contributed by atoms with Crippen molar-refractivity contribution in [1.82, 2.24) is 10.1 Å². The van der Waals surface area contributed by atoms with Crippen LogP contribution in [0.4, 0.5) is 15.8 Å². The number of hydrogen-bond acceptors (Lipinski definition) is 5. The van der Waals surface area contributed by atoms with Crippen LogP contribution in [0.1, 0.15) is 32.4 Å². The van der Waals surface area contributed by atoms with Crippen LogP contribution in [-0.4, -0.2) is 19.2 Å². The summed E-state index contributed by atoms with van der Waals surface area (Å²) in [5, 5.41) is 0.639. The average molecular weight is 390 g/mol. The lowest BCUT2D eigenvalue weighted by atomic mass is 10.1. The Morgan fingerprint density at radius 2 is 1.78 bits per heavy atom. The molecule has 0 amide bonds. The van der Waals surface area contributed by atoms with E-state index in [9.17, 15) is 12.8 Å². The van der Waals surface area contributed by atoms with Crippen LogP contribution in [0.5, 0.6) is 0 Å². The molecule has 1 aliphatic heterocycles. The van der Waals surface area contributed by atoms with E-state index in [1.54, 1.807) is 19.1 Å². The van der Waals surface area contributed by atoms with Crippen LogP contribution in [0.15, 0.2) is 35.2 Å². The third-order valence-corrected chi connectivity index (χ3v) is 5.98. The summed E-state index contributed by atoms with van der Waals surface area (Å²) >= 11 is 0. The third-order valence-electron chi connectivity index (χ3n) is 4.81. The number of fused-ring (bicyclic) bond motifs is 2. The Balaban J connectivity index is 0.00000225. The summed E-state index contributed by atoms with van der Waals surface area (Å²) in [5.41, 5.74) is 13.1. The molecule has 3 aromatic rings. The molecule has 0 saturated heterocycles. The molecular weight excluding hydrogens is 367 g/mol. The van der Waals surface area contributed by atoms with E-state index in [4.69, 9.17) is 0 Å². The van der Waals surface area contributed by atoms with E-state index in [0.717, 1.165) is 22.6 Å². The summed E-state index contributed by atoms with van der Waals surface area (Å²) in [7, 11) is -3.49. The van der Waals surface area contributed by atoms with Gasteiger partial charge in [-0.3, -0.25) is 0 Å². The molecule has 0 atom stereocenters. The Bertz CT molecular complexity index is 1190. The maximum absolute atomic E-state index is 13.8. The Labute approximate surface area is 158 Å². The lowest BCUT2D eigenvalue weighted by molar-refractivity contribution is 0.599. The van der Waals surface area contributed by atoms with E-state index in [2.05, 4.69) is 16.4 Å². The van der Waals surface area contributed by atoms with Crippen LogP contribution >= 0.6 is 0 Å². The van der Waals surface area contributed by atoms with Crippen molar-refractivity contribution >= 4 is 32.1 Å². The molecule has 0 radical (unpaired) electrons. The number of rotatable bonds is 3. The summed E-state index contributed by atoms with van der Waals surface area (Å²) < 4.78 is 41.2. The van der Waals surface area contributed by atoms with Crippen LogP contribution in [0.2, 0.25) is 0 Å². The molecule has 6 nitrogen and oxygen atoms in total. The van der Waals surface area contributed by atoms with Crippen LogP contribution in [-0.2, 0) is 9.84 Å². The molecular formula is C19H23FN4O2S. The van der Waals surface area contributed by atoms with Gasteiger partial charge in [-0.25, -0.2) is 12.8 Å². The molecule has 4 rings (SSSR count). The van der Waals surface area contributed by atoms with Gasteiger partial charge in [-0.15, -0.1) is 5.53 Å². The number of nitrogens with zero attached hydrogens (tertiary/aromatic N) is 1. The highest BCUT2D eigenvalue weighted by atomic mass is 32.2. The van der Waals surface area contributed by atoms with Gasteiger partial charge in [-0.1, -0.05) is 13.8 Å². The van der Waals surface area contributed by atoms with E-state index in [-0.39, 0.29) is 13.2 Å². The lowest BCUT2D eigenvalue weighted by Crippen LogP contribution is -2.19. The smallest absolute Gasteiger partial charge is 0.177 e. The largest absolute Gasteiger partial charge is 0.312 e. The predicted molar refractivity (Wildman–Crippen MR) is 108 cm³/mol. The van der Waals surface area contributed by atoms with E-state index < -0.39 is 9.84 Å². The van der Waals surface area contributed by atoms with Gasteiger partial charge < -0.3 is 15.4 Å². The van der Waals surface area contributed by atoms with Gasteiger partial charge in [0.25, 0.3) is 0 Å². The molecule has 0 saturated carbocycles. The molecule has 0 spiro atoms. The molecule has 1 aromatic heterocycles. The van der Waals surface area contributed by atoms with Crippen molar-refractivity contribution in [2.24, 2.45) is 0 Å². The topological polar surface area (TPSA) is 75.2 Å². The molecule has 144 valence electrons. The minimum absolute atomic E-state index is 0. The summed E-state index contributed by atoms with van der Waals surface area (Å²) in [5.74, 6) is -0.345. The monoisotopic (exact) mass is 390 g/mol. The molecule has 1 aliphatic rings. The van der Waals surface area contributed by atoms with Crippen molar-refractivity contribution in [2.75, 3.05) is 17.1 Å². The molecule has 27 heavy (non-hydrogen) atoms. The lowest BCUT2D eigenvalue weighted by Gasteiger charge is -2.15. The first-order chi connectivity index (χ1) is 12.7. The highest BCUT2D eigenvalue weighted by Gasteiger charge is 2.28. The molecule has 0 aliphatic carbocycles. The van der Waals surface area contributed by atoms with E-state index >= 15 is 0 Å². The van der Waals surface area contributed by atoms with E-state index in [0.29, 0.717) is 21.5 Å². The molecule has 0 unspecified atom stereocenters. The first kappa shape index (κ1) is 17.8. The predicted octanol–water partition coefficient (Wildman–Crippen LogP) is 4.11. The van der Waals surface area contributed by atoms with Gasteiger partial charge in [0.05, 0.1) is 21.8 Å². The third kappa shape index (κ3) is 2.76. The highest BCUT2D eigenvalue weighted by molar-refractivity contribution is 7.91. The van der Waals surface area contributed by atoms with Crippen LogP contribution in [0.3, 0.4) is 0 Å². The normalized spacial score (nSPS) is 13.7. The van der Waals surface area contributed by atoms with Gasteiger partial charge in [0.2, 0.25) is 0 Å². The first-order valence-electron chi connectivity index (χ1n) is 8.64. The molecule has 8 heteroatoms. The zero-order valence-electron chi connectivity index (χ0n) is 15.5. The van der Waals surface area contributed by atoms with Crippen LogP contribution < -0.4 is 16.4 Å². The number of hydrazine groups is 2. The van der Waals surface area contributed by atoms with Gasteiger partial charge in [0.1, 0.15) is 5.82 Å². The fraction of sp³-hybridized carbons (Fsp3) is 0.263. The molecule has 3 N–H and O–H groups in total. The van der Waals surface area contributed by atoms with Crippen LogP contribution in [0.25, 0.3) is 16.6 Å². The summed E-state index contributed by atoms with van der Waals surface area (Å²) in [6.45, 7) is 5.62. The highest BCUT2D eigenvalue weighted by Crippen LogP contribution is 2.41. The Morgan fingerprint density at radius 3 is 2.37 bits per heavy atom. The second-order valence-electron chi connectivity index (χ2n) is 7.20. The van der Waals surface area contributed by atoms with Crippen molar-refractivity contribution in [1.29, 1.82) is 0 Å². The number of benzene rings is 2. The quantitative estimate of drug-likeness (QED) is 0.628. The number of sulfone groups is 1. The first-order valence-corrected chi connectivity index (χ1v) is 10.5. The molecule has 0 bridgehead atoms. The van der Waals surface area contributed by atoms with Crippen molar-refractivity contribution < 1.29 is 14.2 Å². The van der Waals surface area contributed by atoms with Gasteiger partial charge in [-0.05, 0) is 48.7 Å².